The van der Waals surface area contributed by atoms with Crippen LogP contribution in [0.4, 0.5) is 0 Å². The van der Waals surface area contributed by atoms with Crippen LogP contribution in [-0.4, -0.2) is 10.2 Å². The van der Waals surface area contributed by atoms with Crippen LogP contribution in [0.1, 0.15) is 15.9 Å². The third-order valence-corrected chi connectivity index (χ3v) is 2.03. The summed E-state index contributed by atoms with van der Waals surface area (Å²) in [6, 6.07) is 1.85. The standard InChI is InChI=1S/C7H2BrClN2O/c8-6-3-11-2-5(7(9)12)4(6)1-10/h2-3H. The smallest absolute Gasteiger partial charge is 0.255 e. The van der Waals surface area contributed by atoms with Gasteiger partial charge in [0, 0.05) is 12.4 Å². The maximum atomic E-state index is 10.7. The van der Waals surface area contributed by atoms with Gasteiger partial charge in [-0.3, -0.25) is 9.78 Å². The van der Waals surface area contributed by atoms with Gasteiger partial charge in [0.05, 0.1) is 15.6 Å². The average molecular weight is 245 g/mol. The maximum Gasteiger partial charge on any atom is 0.255 e. The summed E-state index contributed by atoms with van der Waals surface area (Å²) in [5.41, 5.74) is 0.332. The van der Waals surface area contributed by atoms with Gasteiger partial charge in [0.15, 0.2) is 0 Å². The van der Waals surface area contributed by atoms with E-state index in [0.29, 0.717) is 4.47 Å². The SMILES string of the molecule is N#Cc1c(Br)cncc1C(=O)Cl. The zero-order valence-corrected chi connectivity index (χ0v) is 8.06. The first-order valence-electron chi connectivity index (χ1n) is 2.90. The van der Waals surface area contributed by atoms with E-state index in [9.17, 15) is 4.79 Å². The predicted octanol–water partition coefficient (Wildman–Crippen LogP) is 2.09. The number of nitrogens with zero attached hydrogens (tertiary/aromatic N) is 2. The van der Waals surface area contributed by atoms with Crippen molar-refractivity contribution in [3.05, 3.63) is 28.0 Å². The van der Waals surface area contributed by atoms with E-state index in [2.05, 4.69) is 20.9 Å². The summed E-state index contributed by atoms with van der Waals surface area (Å²) in [4.78, 5) is 14.4. The van der Waals surface area contributed by atoms with Crippen molar-refractivity contribution in [2.75, 3.05) is 0 Å². The molecule has 0 bridgehead atoms. The molecule has 0 fully saturated rings. The second-order valence-electron chi connectivity index (χ2n) is 1.93. The fourth-order valence-electron chi connectivity index (χ4n) is 0.698. The van der Waals surface area contributed by atoms with Crippen LogP contribution in [0.15, 0.2) is 16.9 Å². The van der Waals surface area contributed by atoms with Gasteiger partial charge in [0.25, 0.3) is 5.24 Å². The van der Waals surface area contributed by atoms with E-state index in [1.165, 1.54) is 12.4 Å². The van der Waals surface area contributed by atoms with Gasteiger partial charge in [-0.1, -0.05) is 0 Å². The summed E-state index contributed by atoms with van der Waals surface area (Å²) in [7, 11) is 0. The second kappa shape index (κ2) is 3.65. The first-order valence-corrected chi connectivity index (χ1v) is 4.07. The molecule has 3 nitrogen and oxygen atoms in total. The fraction of sp³-hybridized carbons (Fsp3) is 0. The van der Waals surface area contributed by atoms with Crippen LogP contribution < -0.4 is 0 Å². The van der Waals surface area contributed by atoms with Crippen molar-refractivity contribution >= 4 is 32.8 Å². The lowest BCUT2D eigenvalue weighted by atomic mass is 10.2. The van der Waals surface area contributed by atoms with Gasteiger partial charge in [0.1, 0.15) is 6.07 Å². The molecule has 1 rings (SSSR count). The van der Waals surface area contributed by atoms with Gasteiger partial charge in [-0.25, -0.2) is 0 Å². The van der Waals surface area contributed by atoms with Crippen molar-refractivity contribution < 1.29 is 4.79 Å². The van der Waals surface area contributed by atoms with Crippen molar-refractivity contribution in [2.24, 2.45) is 0 Å². The zero-order chi connectivity index (χ0) is 9.14. The molecule has 0 aliphatic carbocycles. The number of hydrogen-bond donors (Lipinski definition) is 0. The number of rotatable bonds is 1. The summed E-state index contributed by atoms with van der Waals surface area (Å²) in [6.45, 7) is 0. The third kappa shape index (κ3) is 1.63. The molecule has 0 radical (unpaired) electrons. The lowest BCUT2D eigenvalue weighted by Crippen LogP contribution is -1.96. The number of halogens is 2. The Kier molecular flexibility index (Phi) is 2.79. The van der Waals surface area contributed by atoms with Crippen LogP contribution in [0, 0.1) is 11.3 Å². The molecule has 0 atom stereocenters. The largest absolute Gasteiger partial charge is 0.275 e. The molecule has 1 aromatic rings. The predicted molar refractivity (Wildman–Crippen MR) is 46.8 cm³/mol. The topological polar surface area (TPSA) is 53.8 Å². The van der Waals surface area contributed by atoms with Crippen LogP contribution in [-0.2, 0) is 0 Å². The summed E-state index contributed by atoms with van der Waals surface area (Å²) in [5, 5.41) is 7.95. The Hall–Kier alpha value is -0.920. The number of nitriles is 1. The molecule has 1 heterocycles. The van der Waals surface area contributed by atoms with E-state index in [4.69, 9.17) is 16.9 Å². The zero-order valence-electron chi connectivity index (χ0n) is 5.71. The van der Waals surface area contributed by atoms with Crippen molar-refractivity contribution in [2.45, 2.75) is 0 Å². The fourth-order valence-corrected chi connectivity index (χ4v) is 1.26. The van der Waals surface area contributed by atoms with Gasteiger partial charge in [-0.2, -0.15) is 5.26 Å². The average Bonchev–Trinajstić information content (AvgIpc) is 2.03. The Morgan fingerprint density at radius 3 is 2.75 bits per heavy atom. The lowest BCUT2D eigenvalue weighted by molar-refractivity contribution is 0.108. The highest BCUT2D eigenvalue weighted by Gasteiger charge is 2.11. The number of pyridine rings is 1. The first-order chi connectivity index (χ1) is 5.66. The molecule has 0 saturated carbocycles. The molecule has 0 aliphatic rings. The van der Waals surface area contributed by atoms with Crippen molar-refractivity contribution in [3.8, 4) is 6.07 Å². The Morgan fingerprint density at radius 2 is 2.33 bits per heavy atom. The Labute approximate surface area is 82.1 Å². The molecule has 0 N–H and O–H groups in total. The minimum absolute atomic E-state index is 0.119. The second-order valence-corrected chi connectivity index (χ2v) is 3.13. The molecule has 5 heteroatoms. The Morgan fingerprint density at radius 1 is 1.67 bits per heavy atom. The number of aromatic nitrogens is 1. The summed E-state index contributed by atoms with van der Waals surface area (Å²) in [5.74, 6) is 0. The molecule has 0 unspecified atom stereocenters. The molecule has 60 valence electrons. The summed E-state index contributed by atoms with van der Waals surface area (Å²) in [6.07, 6.45) is 2.69. The van der Waals surface area contributed by atoms with Gasteiger partial charge >= 0.3 is 0 Å². The third-order valence-electron chi connectivity index (χ3n) is 1.22. The molecule has 0 aliphatic heterocycles. The molecule has 0 saturated heterocycles. The minimum Gasteiger partial charge on any atom is -0.275 e. The molecule has 0 aromatic carbocycles. The van der Waals surface area contributed by atoms with E-state index in [0.717, 1.165) is 0 Å². The number of carbonyl (C=O) groups is 1. The van der Waals surface area contributed by atoms with E-state index >= 15 is 0 Å². The first kappa shape index (κ1) is 9.17. The normalized spacial score (nSPS) is 9.08. The number of hydrogen-bond acceptors (Lipinski definition) is 3. The van der Waals surface area contributed by atoms with Gasteiger partial charge in [0.2, 0.25) is 0 Å². The number of carbonyl (C=O) groups excluding carboxylic acids is 1. The summed E-state index contributed by atoms with van der Waals surface area (Å²) < 4.78 is 0.469. The molecular weight excluding hydrogens is 243 g/mol. The van der Waals surface area contributed by atoms with E-state index in [1.807, 2.05) is 6.07 Å². The van der Waals surface area contributed by atoms with Crippen LogP contribution >= 0.6 is 27.5 Å². The van der Waals surface area contributed by atoms with Crippen molar-refractivity contribution in [1.29, 1.82) is 5.26 Å². The molecule has 1 aromatic heterocycles. The van der Waals surface area contributed by atoms with Crippen LogP contribution in [0.5, 0.6) is 0 Å². The van der Waals surface area contributed by atoms with Crippen molar-refractivity contribution in [3.63, 3.8) is 0 Å². The highest BCUT2D eigenvalue weighted by molar-refractivity contribution is 9.10. The molecular formula is C7H2BrClN2O. The Balaban J connectivity index is 3.40. The highest BCUT2D eigenvalue weighted by atomic mass is 79.9. The molecule has 12 heavy (non-hydrogen) atoms. The quantitative estimate of drug-likeness (QED) is 0.712. The van der Waals surface area contributed by atoms with E-state index < -0.39 is 5.24 Å². The van der Waals surface area contributed by atoms with Gasteiger partial charge in [-0.15, -0.1) is 0 Å². The molecule has 0 amide bonds. The van der Waals surface area contributed by atoms with E-state index in [1.54, 1.807) is 0 Å². The van der Waals surface area contributed by atoms with Crippen LogP contribution in [0.2, 0.25) is 0 Å². The van der Waals surface area contributed by atoms with Crippen molar-refractivity contribution in [1.82, 2.24) is 4.98 Å². The monoisotopic (exact) mass is 244 g/mol. The van der Waals surface area contributed by atoms with Gasteiger partial charge in [-0.05, 0) is 27.5 Å². The van der Waals surface area contributed by atoms with Crippen LogP contribution in [0.25, 0.3) is 0 Å². The van der Waals surface area contributed by atoms with E-state index in [-0.39, 0.29) is 11.1 Å². The molecule has 0 spiro atoms. The maximum absolute atomic E-state index is 10.7. The lowest BCUT2D eigenvalue weighted by Gasteiger charge is -1.97. The summed E-state index contributed by atoms with van der Waals surface area (Å²) >= 11 is 8.29. The van der Waals surface area contributed by atoms with Gasteiger partial charge < -0.3 is 0 Å². The van der Waals surface area contributed by atoms with Crippen LogP contribution in [0.3, 0.4) is 0 Å². The Bertz CT molecular complexity index is 372. The highest BCUT2D eigenvalue weighted by Crippen LogP contribution is 2.19. The minimum atomic E-state index is -0.680.